The lowest BCUT2D eigenvalue weighted by Crippen LogP contribution is -2.36. The Bertz CT molecular complexity index is 477. The molecule has 0 saturated carbocycles. The molecule has 1 aromatic rings. The van der Waals surface area contributed by atoms with Crippen molar-refractivity contribution in [2.75, 3.05) is 13.7 Å². The Morgan fingerprint density at radius 2 is 2.05 bits per heavy atom. The second kappa shape index (κ2) is 7.93. The van der Waals surface area contributed by atoms with E-state index in [1.807, 2.05) is 6.92 Å². The minimum atomic E-state index is -0.371. The molecule has 0 fully saturated rings. The smallest absolute Gasteiger partial charge is 0.291 e. The number of pyridine rings is 1. The molecule has 0 radical (unpaired) electrons. The van der Waals surface area contributed by atoms with Gasteiger partial charge in [0.15, 0.2) is 0 Å². The normalized spacial score (nSPS) is 14.0. The standard InChI is InChI=1S/C15H25N3O3/c1-6-9-16-11(4)14(10(2)3)15-12(18(19)20)7-8-13(17-15)21-5/h7-8,10-11,14,16H,6,9H2,1-5H3. The van der Waals surface area contributed by atoms with Crippen molar-refractivity contribution in [3.8, 4) is 5.88 Å². The first kappa shape index (κ1) is 17.4. The van der Waals surface area contributed by atoms with Gasteiger partial charge in [0.1, 0.15) is 5.69 Å². The number of nitro groups is 1. The fraction of sp³-hybridized carbons (Fsp3) is 0.667. The first-order chi connectivity index (χ1) is 9.92. The first-order valence-electron chi connectivity index (χ1n) is 7.35. The van der Waals surface area contributed by atoms with E-state index in [4.69, 9.17) is 4.74 Å². The Labute approximate surface area is 126 Å². The molecule has 1 heterocycles. The van der Waals surface area contributed by atoms with Crippen molar-refractivity contribution >= 4 is 5.69 Å². The summed E-state index contributed by atoms with van der Waals surface area (Å²) in [7, 11) is 1.51. The second-order valence-electron chi connectivity index (χ2n) is 5.53. The Balaban J connectivity index is 3.25. The summed E-state index contributed by atoms with van der Waals surface area (Å²) in [5.74, 6) is 0.582. The fourth-order valence-corrected chi connectivity index (χ4v) is 2.59. The summed E-state index contributed by atoms with van der Waals surface area (Å²) in [6, 6.07) is 3.11. The van der Waals surface area contributed by atoms with Crippen LogP contribution >= 0.6 is 0 Å². The van der Waals surface area contributed by atoms with E-state index in [0.717, 1.165) is 13.0 Å². The molecule has 6 heteroatoms. The topological polar surface area (TPSA) is 77.3 Å². The lowest BCUT2D eigenvalue weighted by Gasteiger charge is -2.27. The van der Waals surface area contributed by atoms with Crippen molar-refractivity contribution < 1.29 is 9.66 Å². The molecule has 21 heavy (non-hydrogen) atoms. The van der Waals surface area contributed by atoms with Crippen LogP contribution in [0.5, 0.6) is 5.88 Å². The van der Waals surface area contributed by atoms with Crippen LogP contribution in [0, 0.1) is 16.0 Å². The number of nitrogens with zero attached hydrogens (tertiary/aromatic N) is 2. The molecule has 0 aromatic carbocycles. The van der Waals surface area contributed by atoms with Crippen LogP contribution < -0.4 is 10.1 Å². The van der Waals surface area contributed by atoms with Crippen molar-refractivity contribution in [3.63, 3.8) is 0 Å². The number of rotatable bonds is 8. The van der Waals surface area contributed by atoms with Gasteiger partial charge in [0.05, 0.1) is 12.0 Å². The zero-order chi connectivity index (χ0) is 16.0. The van der Waals surface area contributed by atoms with E-state index >= 15 is 0 Å². The highest BCUT2D eigenvalue weighted by Gasteiger charge is 2.31. The Morgan fingerprint density at radius 3 is 2.52 bits per heavy atom. The summed E-state index contributed by atoms with van der Waals surface area (Å²) in [4.78, 5) is 15.3. The van der Waals surface area contributed by atoms with Crippen LogP contribution in [0.25, 0.3) is 0 Å². The van der Waals surface area contributed by atoms with Crippen LogP contribution in [0.15, 0.2) is 12.1 Å². The SMILES string of the molecule is CCCNC(C)C(c1nc(OC)ccc1[N+](=O)[O-])C(C)C. The number of aromatic nitrogens is 1. The van der Waals surface area contributed by atoms with Gasteiger partial charge in [-0.1, -0.05) is 20.8 Å². The summed E-state index contributed by atoms with van der Waals surface area (Å²) in [5.41, 5.74) is 0.546. The molecule has 1 rings (SSSR count). The molecule has 2 atom stereocenters. The number of hydrogen-bond donors (Lipinski definition) is 1. The maximum Gasteiger partial charge on any atom is 0.291 e. The van der Waals surface area contributed by atoms with Gasteiger partial charge in [-0.3, -0.25) is 10.1 Å². The maximum atomic E-state index is 11.3. The van der Waals surface area contributed by atoms with Crippen molar-refractivity contribution in [3.05, 3.63) is 27.9 Å². The van der Waals surface area contributed by atoms with E-state index < -0.39 is 0 Å². The third-order valence-corrected chi connectivity index (χ3v) is 3.57. The number of methoxy groups -OCH3 is 1. The van der Waals surface area contributed by atoms with Crippen LogP contribution in [0.1, 0.15) is 45.7 Å². The predicted octanol–water partition coefficient (Wildman–Crippen LogP) is 3.13. The molecular formula is C15H25N3O3. The molecule has 118 valence electrons. The van der Waals surface area contributed by atoms with E-state index in [1.54, 1.807) is 0 Å². The summed E-state index contributed by atoms with van der Waals surface area (Å²) in [5, 5.41) is 14.7. The molecule has 0 aliphatic carbocycles. The van der Waals surface area contributed by atoms with Gasteiger partial charge in [-0.15, -0.1) is 0 Å². The van der Waals surface area contributed by atoms with Gasteiger partial charge in [0.2, 0.25) is 5.88 Å². The molecule has 0 saturated heterocycles. The highest BCUT2D eigenvalue weighted by Crippen LogP contribution is 2.34. The molecule has 0 aliphatic rings. The summed E-state index contributed by atoms with van der Waals surface area (Å²) in [6.45, 7) is 9.13. The molecule has 0 aliphatic heterocycles. The number of ether oxygens (including phenoxy) is 1. The molecular weight excluding hydrogens is 270 g/mol. The van der Waals surface area contributed by atoms with Gasteiger partial charge in [0, 0.05) is 24.1 Å². The quantitative estimate of drug-likeness (QED) is 0.589. The van der Waals surface area contributed by atoms with E-state index in [2.05, 4.69) is 31.1 Å². The lowest BCUT2D eigenvalue weighted by atomic mass is 9.85. The van der Waals surface area contributed by atoms with E-state index in [-0.39, 0.29) is 28.5 Å². The monoisotopic (exact) mass is 295 g/mol. The Kier molecular flexibility index (Phi) is 6.55. The largest absolute Gasteiger partial charge is 0.481 e. The molecule has 0 spiro atoms. The van der Waals surface area contributed by atoms with Crippen LogP contribution in [0.2, 0.25) is 0 Å². The van der Waals surface area contributed by atoms with E-state index in [0.29, 0.717) is 11.6 Å². The third kappa shape index (κ3) is 4.39. The molecule has 1 aromatic heterocycles. The first-order valence-corrected chi connectivity index (χ1v) is 7.35. The third-order valence-electron chi connectivity index (χ3n) is 3.57. The van der Waals surface area contributed by atoms with Crippen LogP contribution in [0.3, 0.4) is 0 Å². The molecule has 1 N–H and O–H groups in total. The minimum absolute atomic E-state index is 0.0490. The van der Waals surface area contributed by atoms with Gasteiger partial charge in [0.25, 0.3) is 5.69 Å². The summed E-state index contributed by atoms with van der Waals surface area (Å²) >= 11 is 0. The fourth-order valence-electron chi connectivity index (χ4n) is 2.59. The van der Waals surface area contributed by atoms with Gasteiger partial charge in [-0.25, -0.2) is 4.98 Å². The molecule has 2 unspecified atom stereocenters. The average molecular weight is 295 g/mol. The van der Waals surface area contributed by atoms with Crippen molar-refractivity contribution in [2.45, 2.75) is 46.1 Å². The highest BCUT2D eigenvalue weighted by molar-refractivity contribution is 5.41. The number of nitrogens with one attached hydrogen (secondary N) is 1. The predicted molar refractivity (Wildman–Crippen MR) is 82.8 cm³/mol. The number of hydrogen-bond acceptors (Lipinski definition) is 5. The van der Waals surface area contributed by atoms with E-state index in [9.17, 15) is 10.1 Å². The van der Waals surface area contributed by atoms with Crippen molar-refractivity contribution in [1.82, 2.24) is 10.3 Å². The molecule has 0 bridgehead atoms. The Hall–Kier alpha value is -1.69. The minimum Gasteiger partial charge on any atom is -0.481 e. The van der Waals surface area contributed by atoms with Crippen LogP contribution in [-0.4, -0.2) is 29.6 Å². The second-order valence-corrected chi connectivity index (χ2v) is 5.53. The van der Waals surface area contributed by atoms with Crippen molar-refractivity contribution in [2.24, 2.45) is 5.92 Å². The van der Waals surface area contributed by atoms with Gasteiger partial charge in [-0.2, -0.15) is 0 Å². The zero-order valence-electron chi connectivity index (χ0n) is 13.4. The van der Waals surface area contributed by atoms with Crippen molar-refractivity contribution in [1.29, 1.82) is 0 Å². The maximum absolute atomic E-state index is 11.3. The van der Waals surface area contributed by atoms with Gasteiger partial charge < -0.3 is 10.1 Å². The van der Waals surface area contributed by atoms with Crippen LogP contribution in [0.4, 0.5) is 5.69 Å². The summed E-state index contributed by atoms with van der Waals surface area (Å²) < 4.78 is 5.13. The van der Waals surface area contributed by atoms with Gasteiger partial charge >= 0.3 is 0 Å². The Morgan fingerprint density at radius 1 is 1.38 bits per heavy atom. The molecule has 0 amide bonds. The van der Waals surface area contributed by atoms with E-state index in [1.165, 1.54) is 19.2 Å². The zero-order valence-corrected chi connectivity index (χ0v) is 13.4. The van der Waals surface area contributed by atoms with Gasteiger partial charge in [-0.05, 0) is 25.8 Å². The van der Waals surface area contributed by atoms with Crippen LogP contribution in [-0.2, 0) is 0 Å². The highest BCUT2D eigenvalue weighted by atomic mass is 16.6. The molecule has 6 nitrogen and oxygen atoms in total. The average Bonchev–Trinajstić information content (AvgIpc) is 2.44. The lowest BCUT2D eigenvalue weighted by molar-refractivity contribution is -0.386. The summed E-state index contributed by atoms with van der Waals surface area (Å²) in [6.07, 6.45) is 1.02.